The molecule has 35 heavy (non-hydrogen) atoms. The second kappa shape index (κ2) is 9.68. The molecule has 3 heterocycles. The van der Waals surface area contributed by atoms with Gasteiger partial charge in [0.1, 0.15) is 29.3 Å². The lowest BCUT2D eigenvalue weighted by Gasteiger charge is -2.24. The van der Waals surface area contributed by atoms with E-state index < -0.39 is 18.0 Å². The third-order valence-electron chi connectivity index (χ3n) is 5.65. The van der Waals surface area contributed by atoms with Gasteiger partial charge >= 0.3 is 0 Å². The van der Waals surface area contributed by atoms with Gasteiger partial charge in [-0.15, -0.1) is 11.3 Å². The fraction of sp³-hybridized carbons (Fsp3) is 0.292. The molecule has 0 bridgehead atoms. The molecule has 1 saturated heterocycles. The summed E-state index contributed by atoms with van der Waals surface area (Å²) in [6.45, 7) is 2.49. The molecular formula is C24H21F2N3O5S. The Balaban J connectivity index is 1.32. The Labute approximate surface area is 203 Å². The molecule has 2 aliphatic rings. The largest absolute Gasteiger partial charge is 0.466 e. The number of aromatic nitrogens is 1. The number of amides is 2. The van der Waals surface area contributed by atoms with Crippen molar-refractivity contribution < 1.29 is 32.6 Å². The molecule has 2 aliphatic heterocycles. The molecule has 182 valence electrons. The summed E-state index contributed by atoms with van der Waals surface area (Å²) < 4.78 is 43.6. The third-order valence-corrected chi connectivity index (χ3v) is 6.67. The summed E-state index contributed by atoms with van der Waals surface area (Å²) in [6, 6.07) is 8.23. The SMILES string of the molecule is Cc1nc(C(=O)N2CCOC2CNC(=O)c2cc(F)cc3c2OCOC3)c(-c2ccc(F)cc2)s1. The van der Waals surface area contributed by atoms with Gasteiger partial charge in [-0.2, -0.15) is 0 Å². The molecule has 1 unspecified atom stereocenters. The van der Waals surface area contributed by atoms with E-state index in [4.69, 9.17) is 14.2 Å². The number of benzene rings is 2. The van der Waals surface area contributed by atoms with Gasteiger partial charge in [-0.25, -0.2) is 13.8 Å². The van der Waals surface area contributed by atoms with Crippen molar-refractivity contribution in [2.45, 2.75) is 19.8 Å². The minimum atomic E-state index is -0.733. The fourth-order valence-corrected chi connectivity index (χ4v) is 4.97. The van der Waals surface area contributed by atoms with Crippen molar-refractivity contribution in [1.29, 1.82) is 0 Å². The first-order valence-electron chi connectivity index (χ1n) is 10.9. The number of fused-ring (bicyclic) bond motifs is 1. The van der Waals surface area contributed by atoms with E-state index in [-0.39, 0.29) is 55.3 Å². The summed E-state index contributed by atoms with van der Waals surface area (Å²) in [5, 5.41) is 3.40. The van der Waals surface area contributed by atoms with Gasteiger partial charge in [0.2, 0.25) is 0 Å². The highest BCUT2D eigenvalue weighted by Crippen LogP contribution is 2.32. The molecule has 1 aromatic heterocycles. The van der Waals surface area contributed by atoms with Crippen molar-refractivity contribution in [2.75, 3.05) is 26.5 Å². The number of hydrogen-bond acceptors (Lipinski definition) is 7. The standard InChI is InChI=1S/C24H21F2N3O5S/c1-13-28-20(22(35-13)14-2-4-16(25)5-3-14)24(31)29-6-7-33-19(29)10-27-23(30)18-9-17(26)8-15-11-32-12-34-21(15)18/h2-5,8-9,19H,6-7,10-12H2,1H3,(H,27,30). The van der Waals surface area contributed by atoms with Crippen LogP contribution in [-0.2, 0) is 16.1 Å². The van der Waals surface area contributed by atoms with E-state index in [2.05, 4.69) is 10.3 Å². The Morgan fingerprint density at radius 3 is 2.80 bits per heavy atom. The van der Waals surface area contributed by atoms with Gasteiger partial charge in [-0.1, -0.05) is 12.1 Å². The van der Waals surface area contributed by atoms with Crippen LogP contribution in [0.1, 0.15) is 31.4 Å². The molecule has 5 rings (SSSR count). The van der Waals surface area contributed by atoms with Crippen LogP contribution in [0, 0.1) is 18.6 Å². The van der Waals surface area contributed by atoms with Crippen LogP contribution in [0.4, 0.5) is 8.78 Å². The number of thiazole rings is 1. The number of aryl methyl sites for hydroxylation is 1. The lowest BCUT2D eigenvalue weighted by Crippen LogP contribution is -2.44. The zero-order chi connectivity index (χ0) is 24.5. The van der Waals surface area contributed by atoms with Crippen LogP contribution in [0.3, 0.4) is 0 Å². The van der Waals surface area contributed by atoms with Crippen LogP contribution in [0.25, 0.3) is 10.4 Å². The van der Waals surface area contributed by atoms with Gasteiger partial charge in [0, 0.05) is 12.1 Å². The number of rotatable bonds is 5. The number of nitrogens with zero attached hydrogens (tertiary/aromatic N) is 2. The monoisotopic (exact) mass is 501 g/mol. The first kappa shape index (κ1) is 23.3. The number of nitrogens with one attached hydrogen (secondary N) is 1. The Morgan fingerprint density at radius 2 is 2.00 bits per heavy atom. The van der Waals surface area contributed by atoms with Gasteiger partial charge in [0.05, 0.1) is 35.2 Å². The summed E-state index contributed by atoms with van der Waals surface area (Å²) in [4.78, 5) is 32.8. The zero-order valence-corrected chi connectivity index (χ0v) is 19.5. The van der Waals surface area contributed by atoms with Crippen molar-refractivity contribution >= 4 is 23.2 Å². The summed E-state index contributed by atoms with van der Waals surface area (Å²) in [7, 11) is 0. The molecule has 8 nitrogen and oxygen atoms in total. The maximum Gasteiger partial charge on any atom is 0.276 e. The molecule has 2 amide bonds. The molecule has 1 N–H and O–H groups in total. The van der Waals surface area contributed by atoms with E-state index in [1.807, 2.05) is 0 Å². The van der Waals surface area contributed by atoms with Crippen LogP contribution < -0.4 is 10.1 Å². The van der Waals surface area contributed by atoms with E-state index in [0.29, 0.717) is 27.6 Å². The van der Waals surface area contributed by atoms with Crippen molar-refractivity contribution in [1.82, 2.24) is 15.2 Å². The predicted molar refractivity (Wildman–Crippen MR) is 122 cm³/mol. The van der Waals surface area contributed by atoms with Gasteiger partial charge in [-0.05, 0) is 36.8 Å². The highest BCUT2D eigenvalue weighted by molar-refractivity contribution is 7.15. The zero-order valence-electron chi connectivity index (χ0n) is 18.7. The van der Waals surface area contributed by atoms with Gasteiger partial charge in [-0.3, -0.25) is 9.59 Å². The van der Waals surface area contributed by atoms with E-state index in [1.165, 1.54) is 34.4 Å². The van der Waals surface area contributed by atoms with Crippen LogP contribution in [0.2, 0.25) is 0 Å². The van der Waals surface area contributed by atoms with E-state index in [9.17, 15) is 18.4 Å². The molecule has 1 fully saturated rings. The molecule has 1 atom stereocenters. The number of halogens is 2. The molecule has 3 aromatic rings. The minimum absolute atomic E-state index is 0.0125. The summed E-state index contributed by atoms with van der Waals surface area (Å²) in [5.74, 6) is -1.58. The second-order valence-electron chi connectivity index (χ2n) is 8.00. The van der Waals surface area contributed by atoms with E-state index in [0.717, 1.165) is 6.07 Å². The van der Waals surface area contributed by atoms with Crippen LogP contribution in [0.15, 0.2) is 36.4 Å². The normalized spacial score (nSPS) is 17.1. The summed E-state index contributed by atoms with van der Waals surface area (Å²) in [6.07, 6.45) is -0.733. The Hall–Kier alpha value is -3.41. The van der Waals surface area contributed by atoms with E-state index in [1.54, 1.807) is 19.1 Å². The van der Waals surface area contributed by atoms with Gasteiger partial charge in [0.25, 0.3) is 11.8 Å². The van der Waals surface area contributed by atoms with Crippen molar-refractivity contribution in [3.8, 4) is 16.2 Å². The van der Waals surface area contributed by atoms with Crippen molar-refractivity contribution in [2.24, 2.45) is 0 Å². The van der Waals surface area contributed by atoms with Gasteiger partial charge < -0.3 is 24.4 Å². The average molecular weight is 502 g/mol. The Bertz CT molecular complexity index is 1280. The average Bonchev–Trinajstić information content (AvgIpc) is 3.48. The number of ether oxygens (including phenoxy) is 3. The van der Waals surface area contributed by atoms with Crippen LogP contribution >= 0.6 is 11.3 Å². The Morgan fingerprint density at radius 1 is 1.20 bits per heavy atom. The van der Waals surface area contributed by atoms with E-state index >= 15 is 0 Å². The van der Waals surface area contributed by atoms with Crippen molar-refractivity contribution in [3.63, 3.8) is 0 Å². The summed E-state index contributed by atoms with van der Waals surface area (Å²) in [5.41, 5.74) is 1.43. The van der Waals surface area contributed by atoms with Crippen molar-refractivity contribution in [3.05, 3.63) is 69.9 Å². The highest BCUT2D eigenvalue weighted by atomic mass is 32.1. The molecule has 2 aromatic carbocycles. The molecule has 0 aliphatic carbocycles. The number of hydrogen-bond donors (Lipinski definition) is 1. The molecule has 11 heteroatoms. The lowest BCUT2D eigenvalue weighted by molar-refractivity contribution is -0.0171. The smallest absolute Gasteiger partial charge is 0.276 e. The summed E-state index contributed by atoms with van der Waals surface area (Å²) >= 11 is 1.34. The van der Waals surface area contributed by atoms with Crippen LogP contribution in [-0.4, -0.2) is 54.4 Å². The maximum atomic E-state index is 14.0. The lowest BCUT2D eigenvalue weighted by atomic mass is 10.1. The first-order valence-corrected chi connectivity index (χ1v) is 11.7. The molecular weight excluding hydrogens is 480 g/mol. The highest BCUT2D eigenvalue weighted by Gasteiger charge is 2.34. The topological polar surface area (TPSA) is 90.0 Å². The second-order valence-corrected chi connectivity index (χ2v) is 9.21. The minimum Gasteiger partial charge on any atom is -0.466 e. The van der Waals surface area contributed by atoms with Crippen LogP contribution in [0.5, 0.6) is 5.75 Å². The number of carbonyl (C=O) groups is 2. The quantitative estimate of drug-likeness (QED) is 0.576. The fourth-order valence-electron chi connectivity index (χ4n) is 4.05. The molecule has 0 radical (unpaired) electrons. The molecule has 0 spiro atoms. The third kappa shape index (κ3) is 4.75. The Kier molecular flexibility index (Phi) is 6.46. The number of carbonyl (C=O) groups excluding carboxylic acids is 2. The maximum absolute atomic E-state index is 14.0. The first-order chi connectivity index (χ1) is 16.9. The van der Waals surface area contributed by atoms with Gasteiger partial charge in [0.15, 0.2) is 6.79 Å². The molecule has 0 saturated carbocycles. The predicted octanol–water partition coefficient (Wildman–Crippen LogP) is 3.49.